The van der Waals surface area contributed by atoms with Crippen molar-refractivity contribution in [3.8, 4) is 0 Å². The van der Waals surface area contributed by atoms with Crippen LogP contribution in [0.3, 0.4) is 0 Å². The summed E-state index contributed by atoms with van der Waals surface area (Å²) in [7, 11) is 4.37. The number of hydrogen-bond donors (Lipinski definition) is 2. The molecular formula is C25H42N2O2. The van der Waals surface area contributed by atoms with Crippen molar-refractivity contribution in [2.24, 2.45) is 34.5 Å². The average molecular weight is 403 g/mol. The smallest absolute Gasteiger partial charge is 0.217 e. The van der Waals surface area contributed by atoms with Crippen LogP contribution in [0.2, 0.25) is 0 Å². The molecule has 2 N–H and O–H groups in total. The Labute approximate surface area is 177 Å². The Morgan fingerprint density at radius 1 is 1.28 bits per heavy atom. The van der Waals surface area contributed by atoms with Gasteiger partial charge in [0.05, 0.1) is 6.10 Å². The predicted molar refractivity (Wildman–Crippen MR) is 117 cm³/mol. The normalized spacial score (nSPS) is 47.7. The molecule has 9 unspecified atom stereocenters. The van der Waals surface area contributed by atoms with E-state index in [0.717, 1.165) is 25.7 Å². The Morgan fingerprint density at radius 2 is 2.00 bits per heavy atom. The lowest BCUT2D eigenvalue weighted by Crippen LogP contribution is -2.54. The highest BCUT2D eigenvalue weighted by Gasteiger charge is 2.62. The maximum atomic E-state index is 11.5. The van der Waals surface area contributed by atoms with Crippen molar-refractivity contribution in [2.75, 3.05) is 14.1 Å². The molecule has 1 amide bonds. The summed E-state index contributed by atoms with van der Waals surface area (Å²) in [5, 5.41) is 14.4. The monoisotopic (exact) mass is 402 g/mol. The molecule has 4 aliphatic carbocycles. The molecule has 0 aromatic carbocycles. The van der Waals surface area contributed by atoms with Crippen molar-refractivity contribution >= 4 is 5.91 Å². The number of amides is 1. The number of hydrogen-bond acceptors (Lipinski definition) is 3. The Bertz CT molecular complexity index is 688. The molecule has 0 radical (unpaired) electrons. The Hall–Kier alpha value is -0.870. The molecule has 0 aromatic rings. The fraction of sp³-hybridized carbons (Fsp3) is 0.880. The number of rotatable bonds is 3. The number of fused-ring (bicyclic) bond motifs is 5. The lowest BCUT2D eigenvalue weighted by atomic mass is 9.47. The maximum absolute atomic E-state index is 11.5. The van der Waals surface area contributed by atoms with Gasteiger partial charge in [-0.15, -0.1) is 0 Å². The number of carbonyl (C=O) groups is 1. The van der Waals surface area contributed by atoms with Gasteiger partial charge in [0.25, 0.3) is 0 Å². The van der Waals surface area contributed by atoms with Crippen LogP contribution in [0.4, 0.5) is 0 Å². The molecule has 4 aliphatic rings. The molecule has 29 heavy (non-hydrogen) atoms. The van der Waals surface area contributed by atoms with Gasteiger partial charge in [-0.3, -0.25) is 4.79 Å². The number of aliphatic hydroxyl groups is 1. The molecule has 9 atom stereocenters. The predicted octanol–water partition coefficient (Wildman–Crippen LogP) is 3.99. The topological polar surface area (TPSA) is 52.6 Å². The summed E-state index contributed by atoms with van der Waals surface area (Å²) in [6.45, 7) is 8.96. The van der Waals surface area contributed by atoms with E-state index in [4.69, 9.17) is 0 Å². The van der Waals surface area contributed by atoms with Gasteiger partial charge in [0.1, 0.15) is 0 Å². The van der Waals surface area contributed by atoms with Gasteiger partial charge in [-0.05, 0) is 100 Å². The Morgan fingerprint density at radius 3 is 2.66 bits per heavy atom. The van der Waals surface area contributed by atoms with Gasteiger partial charge in [-0.25, -0.2) is 0 Å². The van der Waals surface area contributed by atoms with Crippen LogP contribution in [0.15, 0.2) is 11.6 Å². The number of allylic oxidation sites excluding steroid dienone is 1. The summed E-state index contributed by atoms with van der Waals surface area (Å²) in [4.78, 5) is 13.9. The quantitative estimate of drug-likeness (QED) is 0.702. The van der Waals surface area contributed by atoms with Crippen molar-refractivity contribution in [3.05, 3.63) is 11.6 Å². The number of nitrogens with zero attached hydrogens (tertiary/aromatic N) is 1. The molecule has 0 bridgehead atoms. The largest absolute Gasteiger partial charge is 0.393 e. The highest BCUT2D eigenvalue weighted by atomic mass is 16.3. The highest BCUT2D eigenvalue weighted by molar-refractivity contribution is 5.73. The maximum Gasteiger partial charge on any atom is 0.217 e. The van der Waals surface area contributed by atoms with Crippen LogP contribution in [0.5, 0.6) is 0 Å². The molecule has 164 valence electrons. The van der Waals surface area contributed by atoms with Crippen LogP contribution in [-0.2, 0) is 4.79 Å². The third-order valence-corrected chi connectivity index (χ3v) is 9.96. The zero-order valence-electron chi connectivity index (χ0n) is 19.4. The second kappa shape index (κ2) is 7.37. The summed E-state index contributed by atoms with van der Waals surface area (Å²) in [5.41, 5.74) is 2.09. The van der Waals surface area contributed by atoms with Crippen molar-refractivity contribution in [1.29, 1.82) is 0 Å². The molecular weight excluding hydrogens is 360 g/mol. The minimum absolute atomic E-state index is 0.0939. The standard InChI is InChI=1S/C25H42N2O2/c1-15(27(5)6)21-14-22(29)23-19-8-7-17-13-18(26-16(2)28)9-11-24(17,3)20(19)10-12-25(21,23)4/h7,15,18-23,29H,8-14H2,1-6H3,(H,26,28). The van der Waals surface area contributed by atoms with Crippen LogP contribution in [0.1, 0.15) is 72.6 Å². The molecule has 0 saturated heterocycles. The van der Waals surface area contributed by atoms with E-state index in [9.17, 15) is 9.90 Å². The summed E-state index contributed by atoms with van der Waals surface area (Å²) < 4.78 is 0. The van der Waals surface area contributed by atoms with Crippen molar-refractivity contribution in [3.63, 3.8) is 0 Å². The first-order valence-electron chi connectivity index (χ1n) is 11.9. The van der Waals surface area contributed by atoms with Crippen molar-refractivity contribution in [2.45, 2.75) is 90.8 Å². The van der Waals surface area contributed by atoms with E-state index in [-0.39, 0.29) is 22.8 Å². The molecule has 4 heteroatoms. The van der Waals surface area contributed by atoms with Crippen LogP contribution in [0.25, 0.3) is 0 Å². The Balaban J connectivity index is 1.60. The summed E-state index contributed by atoms with van der Waals surface area (Å²) in [6, 6.07) is 0.814. The molecule has 3 fully saturated rings. The van der Waals surface area contributed by atoms with Gasteiger partial charge in [0, 0.05) is 19.0 Å². The molecule has 0 spiro atoms. The summed E-state index contributed by atoms with van der Waals surface area (Å²) in [5.74, 6) is 2.39. The van der Waals surface area contributed by atoms with Gasteiger partial charge in [-0.2, -0.15) is 0 Å². The highest BCUT2D eigenvalue weighted by Crippen LogP contribution is 2.66. The molecule has 3 saturated carbocycles. The zero-order chi connectivity index (χ0) is 21.1. The minimum atomic E-state index is -0.158. The number of aliphatic hydroxyl groups excluding tert-OH is 1. The van der Waals surface area contributed by atoms with E-state index in [1.54, 1.807) is 12.5 Å². The fourth-order valence-electron chi connectivity index (χ4n) is 8.29. The summed E-state index contributed by atoms with van der Waals surface area (Å²) in [6.07, 6.45) is 10.2. The zero-order valence-corrected chi connectivity index (χ0v) is 19.4. The third kappa shape index (κ3) is 3.29. The second-order valence-corrected chi connectivity index (χ2v) is 11.5. The minimum Gasteiger partial charge on any atom is -0.393 e. The van der Waals surface area contributed by atoms with Gasteiger partial charge < -0.3 is 15.3 Å². The van der Waals surface area contributed by atoms with Gasteiger partial charge in [0.2, 0.25) is 5.91 Å². The Kier molecular flexibility index (Phi) is 5.43. The SMILES string of the molecule is CC(=O)NC1CCC2(C)C(=CCC3C2CCC2(C)C(C(C)N(C)C)CC(O)C32)C1. The van der Waals surface area contributed by atoms with Crippen LogP contribution in [0, 0.1) is 34.5 Å². The number of nitrogens with one attached hydrogen (secondary N) is 1. The van der Waals surface area contributed by atoms with E-state index in [0.29, 0.717) is 35.8 Å². The van der Waals surface area contributed by atoms with Crippen molar-refractivity contribution < 1.29 is 9.90 Å². The molecule has 4 nitrogen and oxygen atoms in total. The third-order valence-electron chi connectivity index (χ3n) is 9.96. The molecule has 0 aliphatic heterocycles. The van der Waals surface area contributed by atoms with Gasteiger partial charge in [0.15, 0.2) is 0 Å². The first kappa shape index (κ1) is 21.4. The van der Waals surface area contributed by atoms with Crippen LogP contribution < -0.4 is 5.32 Å². The number of carbonyl (C=O) groups excluding carboxylic acids is 1. The fourth-order valence-corrected chi connectivity index (χ4v) is 8.29. The van der Waals surface area contributed by atoms with Crippen LogP contribution in [-0.4, -0.2) is 48.2 Å². The van der Waals surface area contributed by atoms with E-state index >= 15 is 0 Å². The van der Waals surface area contributed by atoms with E-state index < -0.39 is 0 Å². The molecule has 4 rings (SSSR count). The second-order valence-electron chi connectivity index (χ2n) is 11.5. The van der Waals surface area contributed by atoms with E-state index in [2.05, 4.69) is 51.2 Å². The summed E-state index contributed by atoms with van der Waals surface area (Å²) >= 11 is 0. The lowest BCUT2D eigenvalue weighted by Gasteiger charge is -2.59. The van der Waals surface area contributed by atoms with Crippen molar-refractivity contribution in [1.82, 2.24) is 10.2 Å². The van der Waals surface area contributed by atoms with Gasteiger partial charge >= 0.3 is 0 Å². The average Bonchev–Trinajstić information content (AvgIpc) is 2.91. The lowest BCUT2D eigenvalue weighted by molar-refractivity contribution is -0.120. The molecule has 0 aromatic heterocycles. The van der Waals surface area contributed by atoms with E-state index in [1.807, 2.05) is 0 Å². The first-order chi connectivity index (χ1) is 13.6. The first-order valence-corrected chi connectivity index (χ1v) is 11.9. The molecule has 0 heterocycles. The van der Waals surface area contributed by atoms with E-state index in [1.165, 1.54) is 19.3 Å². The van der Waals surface area contributed by atoms with Crippen LogP contribution >= 0.6 is 0 Å². The van der Waals surface area contributed by atoms with Gasteiger partial charge in [-0.1, -0.05) is 25.5 Å².